The van der Waals surface area contributed by atoms with Gasteiger partial charge in [0.2, 0.25) is 11.8 Å². The molecule has 0 fully saturated rings. The molecule has 0 N–H and O–H groups in total. The maximum Gasteiger partial charge on any atom is 0.236 e. The number of rotatable bonds is 11. The van der Waals surface area contributed by atoms with Crippen LogP contribution in [0.15, 0.2) is 17.0 Å². The zero-order chi connectivity index (χ0) is 26.3. The molecule has 0 saturated carbocycles. The van der Waals surface area contributed by atoms with Crippen LogP contribution in [0.1, 0.15) is 81.6 Å². The molecule has 1 aromatic carbocycles. The minimum Gasteiger partial charge on any atom is -0.287 e. The Morgan fingerprint density at radius 1 is 0.824 bits per heavy atom. The molecule has 0 aliphatic carbocycles. The molecule has 1 aromatic rings. The van der Waals surface area contributed by atoms with Gasteiger partial charge in [0.05, 0.1) is 10.7 Å². The van der Waals surface area contributed by atoms with Gasteiger partial charge < -0.3 is 0 Å². The van der Waals surface area contributed by atoms with Crippen LogP contribution in [0.3, 0.4) is 0 Å². The van der Waals surface area contributed by atoms with E-state index in [1.54, 1.807) is 13.8 Å². The first kappa shape index (κ1) is 30.6. The second-order valence-electron chi connectivity index (χ2n) is 9.69. The molecular weight excluding hydrogens is 473 g/mol. The molecule has 0 aliphatic heterocycles. The van der Waals surface area contributed by atoms with Crippen molar-refractivity contribution in [1.82, 2.24) is 0 Å². The summed E-state index contributed by atoms with van der Waals surface area (Å²) < 4.78 is 15.2. The average Bonchev–Trinajstić information content (AvgIpc) is 2.83. The lowest BCUT2D eigenvalue weighted by atomic mass is 9.89. The van der Waals surface area contributed by atoms with Crippen molar-refractivity contribution in [2.75, 3.05) is 4.90 Å². The smallest absolute Gasteiger partial charge is 0.236 e. The third kappa shape index (κ3) is 7.30. The number of thioether (sulfide) groups is 1. The summed E-state index contributed by atoms with van der Waals surface area (Å²) in [5, 5.41) is -0.000272. The van der Waals surface area contributed by atoms with Gasteiger partial charge in [-0.3, -0.25) is 14.4 Å². The molecule has 2 amide bonds. The molecule has 34 heavy (non-hydrogen) atoms. The molecule has 6 unspecified atom stereocenters. The lowest BCUT2D eigenvalue weighted by Crippen LogP contribution is -2.46. The number of anilines is 1. The second kappa shape index (κ2) is 13.6. The molecule has 6 atom stereocenters. The van der Waals surface area contributed by atoms with E-state index in [4.69, 9.17) is 11.6 Å². The first-order chi connectivity index (χ1) is 15.8. The SMILES string of the molecule is CCC(C)C(C)C(=O)Sc1cc(N(C(=O)C(C)C(C)CC)C(=O)C(C)C(C)CC)c(F)cc1Cl. The van der Waals surface area contributed by atoms with E-state index in [9.17, 15) is 14.4 Å². The van der Waals surface area contributed by atoms with Crippen molar-refractivity contribution in [2.24, 2.45) is 35.5 Å². The summed E-state index contributed by atoms with van der Waals surface area (Å²) in [6.45, 7) is 17.3. The maximum atomic E-state index is 15.2. The quantitative estimate of drug-likeness (QED) is 0.281. The van der Waals surface area contributed by atoms with Gasteiger partial charge in [0.15, 0.2) is 5.12 Å². The number of nitrogens with zero attached hydrogens (tertiary/aromatic N) is 1. The molecule has 4 nitrogen and oxygen atoms in total. The highest BCUT2D eigenvalue weighted by Gasteiger charge is 2.36. The summed E-state index contributed by atoms with van der Waals surface area (Å²) in [4.78, 5) is 41.2. The third-order valence-electron chi connectivity index (χ3n) is 7.54. The topological polar surface area (TPSA) is 54.5 Å². The number of imide groups is 1. The molecule has 0 aliphatic rings. The second-order valence-corrected chi connectivity index (χ2v) is 11.1. The van der Waals surface area contributed by atoms with Crippen molar-refractivity contribution in [1.29, 1.82) is 0 Å². The first-order valence-electron chi connectivity index (χ1n) is 12.4. The van der Waals surface area contributed by atoms with Crippen LogP contribution in [0.2, 0.25) is 5.02 Å². The van der Waals surface area contributed by atoms with E-state index in [1.807, 2.05) is 48.5 Å². The van der Waals surface area contributed by atoms with Crippen molar-refractivity contribution < 1.29 is 18.8 Å². The van der Waals surface area contributed by atoms with Crippen LogP contribution in [-0.4, -0.2) is 16.9 Å². The Bertz CT molecular complexity index is 850. The molecule has 192 valence electrons. The number of halogens is 2. The first-order valence-corrected chi connectivity index (χ1v) is 13.6. The molecule has 0 saturated heterocycles. The van der Waals surface area contributed by atoms with Crippen molar-refractivity contribution >= 4 is 46.0 Å². The van der Waals surface area contributed by atoms with E-state index in [2.05, 4.69) is 0 Å². The molecular formula is C27H41ClFNO3S. The monoisotopic (exact) mass is 513 g/mol. The summed E-state index contributed by atoms with van der Waals surface area (Å²) in [6.07, 6.45) is 2.36. The van der Waals surface area contributed by atoms with Gasteiger partial charge in [-0.1, -0.05) is 93.2 Å². The molecule has 0 heterocycles. The third-order valence-corrected chi connectivity index (χ3v) is 9.09. The number of carbonyl (C=O) groups is 3. The Labute approximate surface area is 214 Å². The average molecular weight is 514 g/mol. The normalized spacial score (nSPS) is 16.8. The lowest BCUT2D eigenvalue weighted by Gasteiger charge is -2.31. The van der Waals surface area contributed by atoms with Gasteiger partial charge in [-0.15, -0.1) is 0 Å². The van der Waals surface area contributed by atoms with Gasteiger partial charge in [-0.25, -0.2) is 9.29 Å². The van der Waals surface area contributed by atoms with Gasteiger partial charge in [0.1, 0.15) is 5.82 Å². The fourth-order valence-electron chi connectivity index (χ4n) is 3.50. The Hall–Kier alpha value is -1.40. The van der Waals surface area contributed by atoms with E-state index in [-0.39, 0.29) is 39.5 Å². The molecule has 0 bridgehead atoms. The van der Waals surface area contributed by atoms with Crippen molar-refractivity contribution in [3.8, 4) is 0 Å². The van der Waals surface area contributed by atoms with Crippen LogP contribution >= 0.6 is 23.4 Å². The van der Waals surface area contributed by atoms with Gasteiger partial charge in [0, 0.05) is 22.6 Å². The van der Waals surface area contributed by atoms with Crippen LogP contribution in [0, 0.1) is 41.3 Å². The minimum absolute atomic E-state index is 0.0175. The Morgan fingerprint density at radius 2 is 1.24 bits per heavy atom. The number of benzene rings is 1. The largest absolute Gasteiger partial charge is 0.287 e. The maximum absolute atomic E-state index is 15.2. The highest BCUT2D eigenvalue weighted by Crippen LogP contribution is 2.38. The van der Waals surface area contributed by atoms with E-state index in [0.29, 0.717) is 4.90 Å². The van der Waals surface area contributed by atoms with Gasteiger partial charge in [-0.2, -0.15) is 0 Å². The summed E-state index contributed by atoms with van der Waals surface area (Å²) in [6, 6.07) is 2.47. The van der Waals surface area contributed by atoms with E-state index >= 15 is 4.39 Å². The molecule has 0 spiro atoms. The van der Waals surface area contributed by atoms with E-state index in [0.717, 1.165) is 42.0 Å². The molecule has 7 heteroatoms. The number of carbonyl (C=O) groups excluding carboxylic acids is 3. The predicted octanol–water partition coefficient (Wildman–Crippen LogP) is 8.00. The van der Waals surface area contributed by atoms with Crippen LogP contribution in [0.5, 0.6) is 0 Å². The zero-order valence-electron chi connectivity index (χ0n) is 22.1. The fraction of sp³-hybridized carbons (Fsp3) is 0.667. The summed E-state index contributed by atoms with van der Waals surface area (Å²) in [7, 11) is 0. The van der Waals surface area contributed by atoms with Crippen molar-refractivity contribution in [3.63, 3.8) is 0 Å². The summed E-state index contributed by atoms with van der Waals surface area (Å²) in [5.41, 5.74) is -0.142. The Morgan fingerprint density at radius 3 is 1.65 bits per heavy atom. The number of hydrogen-bond acceptors (Lipinski definition) is 4. The van der Waals surface area contributed by atoms with Crippen molar-refractivity contribution in [2.45, 2.75) is 86.5 Å². The van der Waals surface area contributed by atoms with E-state index < -0.39 is 29.5 Å². The molecule has 0 radical (unpaired) electrons. The molecule has 1 rings (SSSR count). The Balaban J connectivity index is 3.56. The van der Waals surface area contributed by atoms with Crippen LogP contribution < -0.4 is 4.90 Å². The number of hydrogen-bond donors (Lipinski definition) is 0. The highest BCUT2D eigenvalue weighted by atomic mass is 35.5. The fourth-order valence-corrected chi connectivity index (χ4v) is 4.73. The van der Waals surface area contributed by atoms with Crippen LogP contribution in [0.25, 0.3) is 0 Å². The Kier molecular flexibility index (Phi) is 12.3. The van der Waals surface area contributed by atoms with E-state index in [1.165, 1.54) is 6.07 Å². The minimum atomic E-state index is -0.758. The van der Waals surface area contributed by atoms with Gasteiger partial charge in [-0.05, 0) is 41.6 Å². The van der Waals surface area contributed by atoms with Gasteiger partial charge in [0.25, 0.3) is 0 Å². The van der Waals surface area contributed by atoms with Gasteiger partial charge >= 0.3 is 0 Å². The summed E-state index contributed by atoms with van der Waals surface area (Å²) >= 11 is 7.23. The molecule has 0 aromatic heterocycles. The lowest BCUT2D eigenvalue weighted by molar-refractivity contribution is -0.132. The van der Waals surface area contributed by atoms with Crippen LogP contribution in [-0.2, 0) is 14.4 Å². The zero-order valence-corrected chi connectivity index (χ0v) is 23.6. The van der Waals surface area contributed by atoms with Crippen LogP contribution in [0.4, 0.5) is 10.1 Å². The predicted molar refractivity (Wildman–Crippen MR) is 141 cm³/mol. The number of amides is 2. The standard InChI is InChI=1S/C27H41ClFNO3S/c1-10-15(4)18(7)25(31)30(26(32)19(8)16(5)11-2)23-14-24(21(28)13-22(23)29)34-27(33)20(9)17(6)12-3/h13-20H,10-12H2,1-9H3. The highest BCUT2D eigenvalue weighted by molar-refractivity contribution is 8.13. The summed E-state index contributed by atoms with van der Waals surface area (Å²) in [5.74, 6) is -2.58. The van der Waals surface area contributed by atoms with Crippen molar-refractivity contribution in [3.05, 3.63) is 23.0 Å².